The van der Waals surface area contributed by atoms with Crippen molar-refractivity contribution in [1.29, 1.82) is 5.26 Å². The van der Waals surface area contributed by atoms with Gasteiger partial charge in [0.05, 0.1) is 52.6 Å². The normalized spacial score (nSPS) is 13.2. The highest BCUT2D eigenvalue weighted by molar-refractivity contribution is 6.11. The second-order valence-corrected chi connectivity index (χ2v) is 12.9. The fourth-order valence-electron chi connectivity index (χ4n) is 8.47. The maximum absolute atomic E-state index is 10.0. The average molecular weight is 649 g/mol. The first-order valence-corrected chi connectivity index (χ1v) is 16.6. The molecule has 6 heteroatoms. The van der Waals surface area contributed by atoms with Gasteiger partial charge in [-0.2, -0.15) is 5.26 Å². The van der Waals surface area contributed by atoms with Crippen molar-refractivity contribution in [1.82, 2.24) is 9.55 Å². The molecule has 0 atom stereocenters. The molecule has 0 fully saturated rings. The van der Waals surface area contributed by atoms with Gasteiger partial charge in [0.1, 0.15) is 11.6 Å². The van der Waals surface area contributed by atoms with Gasteiger partial charge < -0.3 is 0 Å². The quantitative estimate of drug-likeness (QED) is 0.175. The average Bonchev–Trinajstić information content (AvgIpc) is 3.67. The van der Waals surface area contributed by atoms with Crippen molar-refractivity contribution in [2.24, 2.45) is 0 Å². The maximum Gasteiger partial charge on any atom is 0.188 e. The minimum Gasteiger partial charge on any atom is -0.294 e. The molecular formula is C45H24N6. The van der Waals surface area contributed by atoms with Crippen molar-refractivity contribution < 1.29 is 0 Å². The molecule has 6 aromatic carbocycles. The molecule has 8 aromatic rings. The number of benzene rings is 6. The zero-order chi connectivity index (χ0) is 34.3. The first kappa shape index (κ1) is 28.5. The smallest absolute Gasteiger partial charge is 0.188 e. The van der Waals surface area contributed by atoms with Crippen molar-refractivity contribution in [3.05, 3.63) is 196 Å². The number of anilines is 3. The molecule has 3 heterocycles. The highest BCUT2D eigenvalue weighted by Crippen LogP contribution is 2.63. The number of pyridine rings is 1. The molecule has 0 saturated heterocycles. The number of hydrogen-bond acceptors (Lipinski definition) is 3. The first-order valence-electron chi connectivity index (χ1n) is 16.6. The molecule has 2 aliphatic rings. The molecule has 0 amide bonds. The molecular weight excluding hydrogens is 625 g/mol. The van der Waals surface area contributed by atoms with E-state index in [2.05, 4.69) is 110 Å². The zero-order valence-corrected chi connectivity index (χ0v) is 27.0. The zero-order valence-electron chi connectivity index (χ0n) is 27.0. The van der Waals surface area contributed by atoms with Gasteiger partial charge in [0.15, 0.2) is 11.4 Å². The van der Waals surface area contributed by atoms with Crippen LogP contribution < -0.4 is 4.90 Å². The molecule has 0 radical (unpaired) electrons. The van der Waals surface area contributed by atoms with Gasteiger partial charge in [0.25, 0.3) is 0 Å². The lowest BCUT2D eigenvalue weighted by molar-refractivity contribution is 0.751. The molecule has 1 spiro atoms. The van der Waals surface area contributed by atoms with E-state index in [0.717, 1.165) is 67.1 Å². The largest absolute Gasteiger partial charge is 0.294 e. The van der Waals surface area contributed by atoms with Crippen LogP contribution in [0.4, 0.5) is 28.6 Å². The molecule has 51 heavy (non-hydrogen) atoms. The van der Waals surface area contributed by atoms with Crippen LogP contribution in [0.25, 0.3) is 48.4 Å². The molecule has 10 rings (SSSR count). The van der Waals surface area contributed by atoms with Crippen LogP contribution in [0.1, 0.15) is 27.8 Å². The van der Waals surface area contributed by atoms with Gasteiger partial charge >= 0.3 is 0 Å². The van der Waals surface area contributed by atoms with Gasteiger partial charge in [-0.3, -0.25) is 9.47 Å². The minimum absolute atomic E-state index is 0.545. The fourth-order valence-corrected chi connectivity index (χ4v) is 8.47. The molecule has 0 N–H and O–H groups in total. The SMILES string of the molecule is [C-]#[N+]c1ccc2c(c1)c1cc([N+]#[C-])ccc1n2-c1cccc(N2c3ccccc3C3(c4ccccc4-c4ccc(C#N)cc43)c3ccccc32)n1. The Bertz CT molecular complexity index is 2810. The first-order chi connectivity index (χ1) is 25.1. The number of nitriles is 1. The Balaban J connectivity index is 1.24. The van der Waals surface area contributed by atoms with E-state index in [4.69, 9.17) is 18.1 Å². The molecule has 0 unspecified atom stereocenters. The molecule has 1 aliphatic heterocycles. The van der Waals surface area contributed by atoms with Crippen molar-refractivity contribution in [3.63, 3.8) is 0 Å². The van der Waals surface area contributed by atoms with Crippen LogP contribution in [0.2, 0.25) is 0 Å². The van der Waals surface area contributed by atoms with Gasteiger partial charge in [-0.05, 0) is 105 Å². The summed E-state index contributed by atoms with van der Waals surface area (Å²) in [4.78, 5) is 15.0. The monoisotopic (exact) mass is 648 g/mol. The van der Waals surface area contributed by atoms with Gasteiger partial charge in [0.2, 0.25) is 0 Å². The fraction of sp³-hybridized carbons (Fsp3) is 0.0222. The highest BCUT2D eigenvalue weighted by Gasteiger charge is 2.51. The Hall–Kier alpha value is -7.46. The maximum atomic E-state index is 10.0. The van der Waals surface area contributed by atoms with E-state index in [9.17, 15) is 5.26 Å². The van der Waals surface area contributed by atoms with Crippen LogP contribution in [-0.4, -0.2) is 9.55 Å². The van der Waals surface area contributed by atoms with Crippen LogP contribution in [0.15, 0.2) is 146 Å². The van der Waals surface area contributed by atoms with Crippen LogP contribution >= 0.6 is 0 Å². The van der Waals surface area contributed by atoms with Crippen LogP contribution in [0.5, 0.6) is 0 Å². The van der Waals surface area contributed by atoms with E-state index in [1.165, 1.54) is 11.1 Å². The second-order valence-electron chi connectivity index (χ2n) is 12.9. The Kier molecular flexibility index (Phi) is 5.89. The van der Waals surface area contributed by atoms with Gasteiger partial charge in [-0.25, -0.2) is 14.7 Å². The van der Waals surface area contributed by atoms with Crippen molar-refractivity contribution >= 4 is 50.4 Å². The van der Waals surface area contributed by atoms with E-state index in [1.807, 2.05) is 60.7 Å². The van der Waals surface area contributed by atoms with Crippen molar-refractivity contribution in [2.45, 2.75) is 5.41 Å². The molecule has 234 valence electrons. The summed E-state index contributed by atoms with van der Waals surface area (Å²) in [7, 11) is 0. The molecule has 6 nitrogen and oxygen atoms in total. The van der Waals surface area contributed by atoms with E-state index in [1.54, 1.807) is 0 Å². The molecule has 0 bridgehead atoms. The predicted molar refractivity (Wildman–Crippen MR) is 201 cm³/mol. The van der Waals surface area contributed by atoms with Crippen molar-refractivity contribution in [2.75, 3.05) is 4.90 Å². The van der Waals surface area contributed by atoms with Crippen molar-refractivity contribution in [3.8, 4) is 23.0 Å². The summed E-state index contributed by atoms with van der Waals surface area (Å²) in [5, 5.41) is 11.9. The third-order valence-electron chi connectivity index (χ3n) is 10.4. The van der Waals surface area contributed by atoms with E-state index >= 15 is 0 Å². The van der Waals surface area contributed by atoms with Crippen LogP contribution in [-0.2, 0) is 5.41 Å². The third-order valence-corrected chi connectivity index (χ3v) is 10.4. The van der Waals surface area contributed by atoms with E-state index < -0.39 is 5.41 Å². The molecule has 1 aliphatic carbocycles. The topological polar surface area (TPSA) is 53.6 Å². The van der Waals surface area contributed by atoms with Crippen LogP contribution in [0.3, 0.4) is 0 Å². The highest BCUT2D eigenvalue weighted by atomic mass is 15.2. The lowest BCUT2D eigenvalue weighted by atomic mass is 9.64. The Morgan fingerprint density at radius 2 is 1.12 bits per heavy atom. The number of para-hydroxylation sites is 2. The van der Waals surface area contributed by atoms with Gasteiger partial charge in [-0.15, -0.1) is 0 Å². The summed E-state index contributed by atoms with van der Waals surface area (Å²) in [5.74, 6) is 1.48. The summed E-state index contributed by atoms with van der Waals surface area (Å²) in [6.07, 6.45) is 0. The number of rotatable bonds is 2. The Morgan fingerprint density at radius 1 is 0.549 bits per heavy atom. The summed E-state index contributed by atoms with van der Waals surface area (Å²) in [6.45, 7) is 15.3. The van der Waals surface area contributed by atoms with Gasteiger partial charge in [-0.1, -0.05) is 84.9 Å². The number of aromatic nitrogens is 2. The summed E-state index contributed by atoms with van der Waals surface area (Å²) >= 11 is 0. The molecule has 0 saturated carbocycles. The summed E-state index contributed by atoms with van der Waals surface area (Å²) in [6, 6.07) is 51.6. The third kappa shape index (κ3) is 3.75. The Labute approximate surface area is 294 Å². The number of nitrogens with zero attached hydrogens (tertiary/aromatic N) is 6. The summed E-state index contributed by atoms with van der Waals surface area (Å²) in [5.41, 5.74) is 11.8. The summed E-state index contributed by atoms with van der Waals surface area (Å²) < 4.78 is 2.12. The lowest BCUT2D eigenvalue weighted by Crippen LogP contribution is -2.36. The minimum atomic E-state index is -0.645. The van der Waals surface area contributed by atoms with E-state index in [-0.39, 0.29) is 0 Å². The van der Waals surface area contributed by atoms with Crippen LogP contribution in [0, 0.1) is 24.5 Å². The predicted octanol–water partition coefficient (Wildman–Crippen LogP) is 11.3. The van der Waals surface area contributed by atoms with Gasteiger partial charge in [0, 0.05) is 0 Å². The lowest BCUT2D eigenvalue weighted by Gasteiger charge is -2.44. The second kappa shape index (κ2) is 10.5. The Morgan fingerprint density at radius 3 is 1.75 bits per heavy atom. The van der Waals surface area contributed by atoms with E-state index in [0.29, 0.717) is 16.9 Å². The standard InChI is InChI=1S/C45H24N6/c1-47-29-19-22-39-33(25-29)34-26-30(48-2)20-23-40(34)50(39)43-16-9-17-44(49-43)51-41-14-7-5-12-36(41)45(37-13-6-8-15-42(37)51)35-11-4-3-10-31(35)32-21-18-28(27-46)24-38(32)45/h3-26H. The molecule has 2 aromatic heterocycles. The number of fused-ring (bicyclic) bond motifs is 12. The number of hydrogen-bond donors (Lipinski definition) is 0.